The number of H-pyrrole nitrogens is 1. The number of pyridine rings is 1. The Labute approximate surface area is 200 Å². The molecule has 1 N–H and O–H groups in total. The molecule has 4 aromatic rings. The van der Waals surface area contributed by atoms with E-state index < -0.39 is 0 Å². The summed E-state index contributed by atoms with van der Waals surface area (Å²) in [6.45, 7) is 4.06. The fourth-order valence-electron chi connectivity index (χ4n) is 3.34. The molecule has 5 rings (SSSR count). The minimum absolute atomic E-state index is 0.0418. The summed E-state index contributed by atoms with van der Waals surface area (Å²) in [4.78, 5) is 8.54. The number of fused-ring (bicyclic) bond motifs is 1. The molecule has 7 heteroatoms. The highest BCUT2D eigenvalue weighted by Gasteiger charge is 2.34. The van der Waals surface area contributed by atoms with Crippen molar-refractivity contribution in [1.82, 2.24) is 9.97 Å². The molecule has 0 aliphatic carbocycles. The zero-order valence-corrected chi connectivity index (χ0v) is 20.0. The van der Waals surface area contributed by atoms with Crippen molar-refractivity contribution in [2.75, 3.05) is 19.8 Å². The Kier molecular flexibility index (Phi) is 6.85. The van der Waals surface area contributed by atoms with Gasteiger partial charge >= 0.3 is 0 Å². The second-order valence-corrected chi connectivity index (χ2v) is 9.43. The largest absolute Gasteiger partial charge is 0.491 e. The van der Waals surface area contributed by atoms with Gasteiger partial charge in [-0.3, -0.25) is 0 Å². The number of nitrogens with one attached hydrogen (secondary N) is 1. The van der Waals surface area contributed by atoms with Crippen LogP contribution in [0.5, 0.6) is 5.75 Å². The van der Waals surface area contributed by atoms with E-state index in [0.29, 0.717) is 31.1 Å². The minimum Gasteiger partial charge on any atom is -0.491 e. The first-order valence-electron chi connectivity index (χ1n) is 10.1. The summed E-state index contributed by atoms with van der Waals surface area (Å²) in [5.41, 5.74) is 3.34. The van der Waals surface area contributed by atoms with Gasteiger partial charge in [0.2, 0.25) is 0 Å². The zero-order chi connectivity index (χ0) is 22.6. The minimum atomic E-state index is 0.0418. The quantitative estimate of drug-likeness (QED) is 0.320. The van der Waals surface area contributed by atoms with Gasteiger partial charge in [-0.05, 0) is 51.8 Å². The van der Waals surface area contributed by atoms with Gasteiger partial charge in [0, 0.05) is 38.1 Å². The second-order valence-electron chi connectivity index (χ2n) is 8.00. The van der Waals surface area contributed by atoms with Crippen LogP contribution in [0.25, 0.3) is 22.2 Å². The van der Waals surface area contributed by atoms with Gasteiger partial charge in [-0.2, -0.15) is 5.26 Å². The third kappa shape index (κ3) is 5.16. The Bertz CT molecular complexity index is 1260. The van der Waals surface area contributed by atoms with Gasteiger partial charge in [-0.1, -0.05) is 31.2 Å². The van der Waals surface area contributed by atoms with Gasteiger partial charge in [0.1, 0.15) is 17.5 Å². The standard InChI is InChI=1S/C19H16BrN3O2.C6H6S/c1-19(9-24-10-19)11-25-17-3-2-12(4-13(17)6-21)16-8-23-18-15(16)5-14(20)7-22-18;7-6-4-2-1-3-5-6/h2-5,7-8H,9-11H2,1H3,(H,22,23);1-5,7H. The SMILES string of the molecule is CC1(COc2ccc(-c3c[nH]c4ncc(Br)cc34)cc2C#N)COC1.Sc1ccccc1. The molecular weight excluding hydrogens is 486 g/mol. The van der Waals surface area contributed by atoms with E-state index in [0.717, 1.165) is 31.5 Å². The van der Waals surface area contributed by atoms with E-state index in [1.165, 1.54) is 0 Å². The van der Waals surface area contributed by atoms with E-state index in [-0.39, 0.29) is 5.41 Å². The maximum absolute atomic E-state index is 9.52. The lowest BCUT2D eigenvalue weighted by Crippen LogP contribution is -2.44. The Balaban J connectivity index is 0.000000300. The Morgan fingerprint density at radius 1 is 1.22 bits per heavy atom. The van der Waals surface area contributed by atoms with Crippen LogP contribution in [0, 0.1) is 16.7 Å². The lowest BCUT2D eigenvalue weighted by Gasteiger charge is -2.37. The molecule has 3 heterocycles. The van der Waals surface area contributed by atoms with E-state index in [9.17, 15) is 5.26 Å². The monoisotopic (exact) mass is 507 g/mol. The molecule has 1 aliphatic rings. The molecule has 1 aliphatic heterocycles. The maximum Gasteiger partial charge on any atom is 0.137 e. The second kappa shape index (κ2) is 9.78. The summed E-state index contributed by atoms with van der Waals surface area (Å²) in [7, 11) is 0. The molecule has 0 unspecified atom stereocenters. The highest BCUT2D eigenvalue weighted by Crippen LogP contribution is 2.33. The highest BCUT2D eigenvalue weighted by molar-refractivity contribution is 9.10. The first kappa shape index (κ1) is 22.4. The highest BCUT2D eigenvalue weighted by atomic mass is 79.9. The normalized spacial score (nSPS) is 14.1. The number of ether oxygens (including phenoxy) is 2. The van der Waals surface area contributed by atoms with E-state index >= 15 is 0 Å². The third-order valence-electron chi connectivity index (χ3n) is 5.14. The molecule has 0 saturated carbocycles. The number of aromatic nitrogens is 2. The molecule has 0 amide bonds. The molecule has 0 spiro atoms. The van der Waals surface area contributed by atoms with Crippen molar-refractivity contribution in [2.45, 2.75) is 11.8 Å². The topological polar surface area (TPSA) is 70.9 Å². The Hall–Kier alpha value is -2.79. The number of aromatic amines is 1. The molecule has 162 valence electrons. The molecule has 0 bridgehead atoms. The lowest BCUT2D eigenvalue weighted by molar-refractivity contribution is -0.120. The van der Waals surface area contributed by atoms with Crippen molar-refractivity contribution in [3.63, 3.8) is 0 Å². The Morgan fingerprint density at radius 2 is 2.00 bits per heavy atom. The van der Waals surface area contributed by atoms with Crippen LogP contribution >= 0.6 is 28.6 Å². The van der Waals surface area contributed by atoms with Crippen LogP contribution in [-0.2, 0) is 4.74 Å². The summed E-state index contributed by atoms with van der Waals surface area (Å²) in [6.07, 6.45) is 3.67. The summed E-state index contributed by atoms with van der Waals surface area (Å²) in [6, 6.07) is 19.7. The molecule has 32 heavy (non-hydrogen) atoms. The van der Waals surface area contributed by atoms with Gasteiger partial charge in [0.05, 0.1) is 25.4 Å². The molecule has 0 atom stereocenters. The summed E-state index contributed by atoms with van der Waals surface area (Å²) in [5.74, 6) is 0.610. The van der Waals surface area contributed by atoms with Gasteiger partial charge in [-0.25, -0.2) is 4.98 Å². The van der Waals surface area contributed by atoms with E-state index in [1.807, 2.05) is 60.8 Å². The van der Waals surface area contributed by atoms with Gasteiger partial charge in [0.15, 0.2) is 0 Å². The third-order valence-corrected chi connectivity index (χ3v) is 5.87. The average molecular weight is 508 g/mol. The van der Waals surface area contributed by atoms with Crippen molar-refractivity contribution >= 4 is 39.6 Å². The van der Waals surface area contributed by atoms with Crippen LogP contribution in [0.3, 0.4) is 0 Å². The van der Waals surface area contributed by atoms with Gasteiger partial charge < -0.3 is 14.5 Å². The molecule has 5 nitrogen and oxygen atoms in total. The van der Waals surface area contributed by atoms with Crippen molar-refractivity contribution in [3.05, 3.63) is 77.0 Å². The fourth-order valence-corrected chi connectivity index (χ4v) is 3.84. The Morgan fingerprint density at radius 3 is 2.62 bits per heavy atom. The summed E-state index contributed by atoms with van der Waals surface area (Å²) >= 11 is 7.54. The van der Waals surface area contributed by atoms with E-state index in [1.54, 1.807) is 6.20 Å². The maximum atomic E-state index is 9.52. The molecule has 1 fully saturated rings. The number of rotatable bonds is 4. The molecule has 2 aromatic carbocycles. The van der Waals surface area contributed by atoms with Gasteiger partial charge in [-0.15, -0.1) is 12.6 Å². The van der Waals surface area contributed by atoms with Crippen molar-refractivity contribution in [1.29, 1.82) is 5.26 Å². The zero-order valence-electron chi connectivity index (χ0n) is 17.5. The number of nitrogens with zero attached hydrogens (tertiary/aromatic N) is 2. The summed E-state index contributed by atoms with van der Waals surface area (Å²) < 4.78 is 12.0. The lowest BCUT2D eigenvalue weighted by atomic mass is 9.90. The van der Waals surface area contributed by atoms with Crippen molar-refractivity contribution in [2.24, 2.45) is 5.41 Å². The number of hydrogen-bond donors (Lipinski definition) is 2. The van der Waals surface area contributed by atoms with E-state index in [4.69, 9.17) is 9.47 Å². The molecule has 0 radical (unpaired) electrons. The number of thiol groups is 1. The number of nitriles is 1. The first-order chi connectivity index (χ1) is 15.5. The number of benzene rings is 2. The fraction of sp³-hybridized carbons (Fsp3) is 0.200. The number of halogens is 1. The van der Waals surface area contributed by atoms with Crippen molar-refractivity contribution < 1.29 is 9.47 Å². The summed E-state index contributed by atoms with van der Waals surface area (Å²) in [5, 5.41) is 10.5. The number of hydrogen-bond acceptors (Lipinski definition) is 5. The molecule has 2 aromatic heterocycles. The molecule has 1 saturated heterocycles. The average Bonchev–Trinajstić information content (AvgIpc) is 3.20. The van der Waals surface area contributed by atoms with Crippen LogP contribution < -0.4 is 4.74 Å². The first-order valence-corrected chi connectivity index (χ1v) is 11.3. The smallest absolute Gasteiger partial charge is 0.137 e. The van der Waals surface area contributed by atoms with Crippen LogP contribution in [0.4, 0.5) is 0 Å². The predicted molar refractivity (Wildman–Crippen MR) is 132 cm³/mol. The van der Waals surface area contributed by atoms with E-state index in [2.05, 4.69) is 51.5 Å². The van der Waals surface area contributed by atoms with Crippen molar-refractivity contribution in [3.8, 4) is 22.9 Å². The van der Waals surface area contributed by atoms with Gasteiger partial charge in [0.25, 0.3) is 0 Å². The van der Waals surface area contributed by atoms with Crippen LogP contribution in [0.2, 0.25) is 0 Å². The van der Waals surface area contributed by atoms with Crippen LogP contribution in [-0.4, -0.2) is 29.8 Å². The van der Waals surface area contributed by atoms with Crippen LogP contribution in [0.1, 0.15) is 12.5 Å². The molecular formula is C25H22BrN3O2S. The predicted octanol–water partition coefficient (Wildman–Crippen LogP) is 6.25. The van der Waals surface area contributed by atoms with Crippen LogP contribution in [0.15, 0.2) is 76.4 Å².